The number of imidazole rings is 1. The summed E-state index contributed by atoms with van der Waals surface area (Å²) >= 11 is 0. The van der Waals surface area contributed by atoms with Crippen molar-refractivity contribution in [1.29, 1.82) is 0 Å². The van der Waals surface area contributed by atoms with Crippen LogP contribution in [0.3, 0.4) is 0 Å². The van der Waals surface area contributed by atoms with Crippen LogP contribution in [0.25, 0.3) is 5.82 Å². The predicted molar refractivity (Wildman–Crippen MR) is 96.7 cm³/mol. The highest BCUT2D eigenvalue weighted by Crippen LogP contribution is 2.18. The van der Waals surface area contributed by atoms with Crippen molar-refractivity contribution in [2.75, 3.05) is 18.4 Å². The number of hydrogen-bond acceptors (Lipinski definition) is 5. The van der Waals surface area contributed by atoms with Gasteiger partial charge < -0.3 is 10.6 Å². The van der Waals surface area contributed by atoms with E-state index >= 15 is 0 Å². The van der Waals surface area contributed by atoms with Crippen LogP contribution in [0.1, 0.15) is 17.1 Å². The zero-order valence-corrected chi connectivity index (χ0v) is 14.6. The third-order valence-corrected chi connectivity index (χ3v) is 4.55. The number of nitrogens with zero attached hydrogens (tertiary/aromatic N) is 5. The largest absolute Gasteiger partial charge is 0.370 e. The number of pyridine rings is 1. The summed E-state index contributed by atoms with van der Waals surface area (Å²) in [6, 6.07) is 6.24. The molecule has 4 heterocycles. The number of fused-ring (bicyclic) bond motifs is 1. The van der Waals surface area contributed by atoms with Crippen LogP contribution in [0.2, 0.25) is 0 Å². The molecule has 0 saturated carbocycles. The van der Waals surface area contributed by atoms with Crippen LogP contribution >= 0.6 is 0 Å². The molecule has 1 aliphatic heterocycles. The molecule has 0 fully saturated rings. The Morgan fingerprint density at radius 1 is 1.28 bits per heavy atom. The molecule has 3 aromatic heterocycles. The fourth-order valence-corrected chi connectivity index (χ4v) is 3.23. The smallest absolute Gasteiger partial charge is 0.137 e. The second-order valence-electron chi connectivity index (χ2n) is 6.60. The number of nitrogens with one attached hydrogen (secondary N) is 2. The fraction of sp³-hybridized carbons (Fsp3) is 0.389. The highest BCUT2D eigenvalue weighted by atomic mass is 15.3. The van der Waals surface area contributed by atoms with Gasteiger partial charge in [-0.05, 0) is 25.5 Å². The van der Waals surface area contributed by atoms with Crippen LogP contribution in [0.5, 0.6) is 0 Å². The molecule has 130 valence electrons. The quantitative estimate of drug-likeness (QED) is 0.744. The molecule has 0 unspecified atom stereocenters. The molecule has 25 heavy (non-hydrogen) atoms. The van der Waals surface area contributed by atoms with Crippen molar-refractivity contribution < 1.29 is 0 Å². The molecule has 0 bridgehead atoms. The standard InChI is InChI=1S/C18H23N7/c1-13-7-18-22-11-16(12-25(18)23-13)9-19-8-15-3-4-17(21-10-15)24-6-5-20-14(24)2/h3-7,10,16,19,22H,8-9,11-12H2,1-2H3/t16-/m1/s1. The van der Waals surface area contributed by atoms with E-state index in [1.807, 2.05) is 36.9 Å². The maximum atomic E-state index is 4.54. The minimum atomic E-state index is 0.535. The van der Waals surface area contributed by atoms with E-state index in [9.17, 15) is 0 Å². The van der Waals surface area contributed by atoms with Crippen LogP contribution in [0, 0.1) is 19.8 Å². The Labute approximate surface area is 147 Å². The van der Waals surface area contributed by atoms with Crippen molar-refractivity contribution in [1.82, 2.24) is 29.6 Å². The number of aromatic nitrogens is 5. The Morgan fingerprint density at radius 3 is 2.96 bits per heavy atom. The number of aryl methyl sites for hydroxylation is 2. The average Bonchev–Trinajstić information content (AvgIpc) is 3.19. The van der Waals surface area contributed by atoms with E-state index in [1.54, 1.807) is 6.20 Å². The summed E-state index contributed by atoms with van der Waals surface area (Å²) in [5.74, 6) is 3.50. The van der Waals surface area contributed by atoms with E-state index in [4.69, 9.17) is 0 Å². The van der Waals surface area contributed by atoms with Crippen molar-refractivity contribution in [3.63, 3.8) is 0 Å². The van der Waals surface area contributed by atoms with Gasteiger partial charge in [-0.25, -0.2) is 14.6 Å². The Bertz CT molecular complexity index is 847. The molecule has 0 amide bonds. The zero-order valence-electron chi connectivity index (χ0n) is 14.6. The first kappa shape index (κ1) is 15.8. The number of anilines is 1. The molecule has 3 aromatic rings. The molecule has 0 aliphatic carbocycles. The van der Waals surface area contributed by atoms with E-state index in [0.717, 1.165) is 49.3 Å². The van der Waals surface area contributed by atoms with Gasteiger partial charge in [0.15, 0.2) is 0 Å². The van der Waals surface area contributed by atoms with E-state index < -0.39 is 0 Å². The van der Waals surface area contributed by atoms with Gasteiger partial charge in [0, 0.05) is 56.8 Å². The van der Waals surface area contributed by atoms with Crippen LogP contribution in [-0.4, -0.2) is 37.4 Å². The van der Waals surface area contributed by atoms with Crippen molar-refractivity contribution >= 4 is 5.82 Å². The van der Waals surface area contributed by atoms with Crippen LogP contribution in [0.15, 0.2) is 36.8 Å². The molecule has 0 radical (unpaired) electrons. The van der Waals surface area contributed by atoms with Gasteiger partial charge in [0.2, 0.25) is 0 Å². The molecule has 0 saturated heterocycles. The third-order valence-electron chi connectivity index (χ3n) is 4.55. The van der Waals surface area contributed by atoms with Gasteiger partial charge >= 0.3 is 0 Å². The van der Waals surface area contributed by atoms with Gasteiger partial charge in [-0.1, -0.05) is 6.07 Å². The minimum Gasteiger partial charge on any atom is -0.370 e. The van der Waals surface area contributed by atoms with Crippen LogP contribution < -0.4 is 10.6 Å². The molecule has 7 nitrogen and oxygen atoms in total. The van der Waals surface area contributed by atoms with E-state index in [1.165, 1.54) is 5.56 Å². The summed E-state index contributed by atoms with van der Waals surface area (Å²) in [6.07, 6.45) is 5.64. The molecule has 1 atom stereocenters. The van der Waals surface area contributed by atoms with Crippen molar-refractivity contribution in [2.45, 2.75) is 26.9 Å². The molecule has 0 spiro atoms. The topological polar surface area (TPSA) is 72.6 Å². The normalized spacial score (nSPS) is 16.5. The maximum absolute atomic E-state index is 4.54. The molecule has 7 heteroatoms. The summed E-state index contributed by atoms with van der Waals surface area (Å²) in [5, 5.41) is 11.5. The molecule has 4 rings (SSSR count). The summed E-state index contributed by atoms with van der Waals surface area (Å²) < 4.78 is 4.05. The molecule has 2 N–H and O–H groups in total. The lowest BCUT2D eigenvalue weighted by atomic mass is 10.1. The molecular formula is C18H23N7. The predicted octanol–water partition coefficient (Wildman–Crippen LogP) is 1.91. The first-order valence-electron chi connectivity index (χ1n) is 8.63. The first-order chi connectivity index (χ1) is 12.2. The second-order valence-corrected chi connectivity index (χ2v) is 6.60. The van der Waals surface area contributed by atoms with Crippen molar-refractivity contribution in [3.8, 4) is 5.82 Å². The van der Waals surface area contributed by atoms with Crippen molar-refractivity contribution in [2.24, 2.45) is 5.92 Å². The lowest BCUT2D eigenvalue weighted by molar-refractivity contribution is 0.390. The van der Waals surface area contributed by atoms with E-state index in [-0.39, 0.29) is 0 Å². The van der Waals surface area contributed by atoms with Gasteiger partial charge in [0.25, 0.3) is 0 Å². The van der Waals surface area contributed by atoms with Crippen molar-refractivity contribution in [3.05, 3.63) is 53.9 Å². The van der Waals surface area contributed by atoms with Gasteiger partial charge in [-0.3, -0.25) is 4.57 Å². The van der Waals surface area contributed by atoms with E-state index in [2.05, 4.69) is 42.5 Å². The summed E-state index contributed by atoms with van der Waals surface area (Å²) in [7, 11) is 0. The minimum absolute atomic E-state index is 0.535. The highest BCUT2D eigenvalue weighted by molar-refractivity contribution is 5.38. The van der Waals surface area contributed by atoms with Gasteiger partial charge in [-0.15, -0.1) is 0 Å². The lowest BCUT2D eigenvalue weighted by Crippen LogP contribution is -2.35. The SMILES string of the molecule is Cc1cc2n(n1)C[C@H](CNCc1ccc(-n3ccnc3C)nc1)CN2. The number of hydrogen-bond donors (Lipinski definition) is 2. The summed E-state index contributed by atoms with van der Waals surface area (Å²) in [5.41, 5.74) is 2.25. The van der Waals surface area contributed by atoms with Gasteiger partial charge in [0.1, 0.15) is 17.5 Å². The Hall–Kier alpha value is -2.67. The summed E-state index contributed by atoms with van der Waals surface area (Å²) in [6.45, 7) is 7.71. The Balaban J connectivity index is 1.30. The monoisotopic (exact) mass is 337 g/mol. The van der Waals surface area contributed by atoms with E-state index in [0.29, 0.717) is 5.92 Å². The second kappa shape index (κ2) is 6.68. The third kappa shape index (κ3) is 3.41. The van der Waals surface area contributed by atoms with Gasteiger partial charge in [0.05, 0.1) is 5.69 Å². The maximum Gasteiger partial charge on any atom is 0.137 e. The first-order valence-corrected chi connectivity index (χ1v) is 8.63. The fourth-order valence-electron chi connectivity index (χ4n) is 3.23. The Morgan fingerprint density at radius 2 is 2.20 bits per heavy atom. The Kier molecular flexibility index (Phi) is 4.23. The van der Waals surface area contributed by atoms with Gasteiger partial charge in [-0.2, -0.15) is 5.10 Å². The lowest BCUT2D eigenvalue weighted by Gasteiger charge is -2.25. The average molecular weight is 337 g/mol. The van der Waals surface area contributed by atoms with Crippen LogP contribution in [-0.2, 0) is 13.1 Å². The highest BCUT2D eigenvalue weighted by Gasteiger charge is 2.18. The molecule has 0 aromatic carbocycles. The number of rotatable bonds is 5. The molecular weight excluding hydrogens is 314 g/mol. The van der Waals surface area contributed by atoms with Crippen LogP contribution in [0.4, 0.5) is 5.82 Å². The summed E-state index contributed by atoms with van der Waals surface area (Å²) in [4.78, 5) is 8.77. The molecule has 1 aliphatic rings. The zero-order chi connectivity index (χ0) is 17.2.